The summed E-state index contributed by atoms with van der Waals surface area (Å²) in [5, 5.41) is 5.49. The first kappa shape index (κ1) is 19.4. The Morgan fingerprint density at radius 2 is 1.85 bits per heavy atom. The average Bonchev–Trinajstić information content (AvgIpc) is 2.63. The molecule has 2 amide bonds. The third kappa shape index (κ3) is 5.05. The van der Waals surface area contributed by atoms with Crippen LogP contribution in [0.2, 0.25) is 0 Å². The van der Waals surface area contributed by atoms with Gasteiger partial charge in [0.1, 0.15) is 17.6 Å². The van der Waals surface area contributed by atoms with Crippen molar-refractivity contribution in [2.45, 2.75) is 26.4 Å². The molecule has 0 aliphatic carbocycles. The maximum Gasteiger partial charge on any atom is 0.255 e. The lowest BCUT2D eigenvalue weighted by atomic mass is 10.0. The van der Waals surface area contributed by atoms with Gasteiger partial charge in [-0.2, -0.15) is 0 Å². The molecule has 2 N–H and O–H groups in total. The zero-order valence-corrected chi connectivity index (χ0v) is 15.1. The summed E-state index contributed by atoms with van der Waals surface area (Å²) in [5.41, 5.74) is 1.01. The van der Waals surface area contributed by atoms with E-state index in [1.807, 2.05) is 13.8 Å². The summed E-state index contributed by atoms with van der Waals surface area (Å²) >= 11 is 0. The van der Waals surface area contributed by atoms with Crippen molar-refractivity contribution in [3.63, 3.8) is 0 Å². The number of nitrogens with one attached hydrogen (secondary N) is 2. The number of ether oxygens (including phenoxy) is 1. The van der Waals surface area contributed by atoms with Crippen molar-refractivity contribution in [1.29, 1.82) is 0 Å². The average molecular weight is 358 g/mol. The molecule has 0 spiro atoms. The minimum Gasteiger partial charge on any atom is -0.496 e. The molecule has 2 rings (SSSR count). The van der Waals surface area contributed by atoms with Crippen molar-refractivity contribution in [3.05, 3.63) is 65.5 Å². The molecule has 138 valence electrons. The van der Waals surface area contributed by atoms with E-state index < -0.39 is 6.04 Å². The highest BCUT2D eigenvalue weighted by atomic mass is 19.1. The Balaban J connectivity index is 2.05. The smallest absolute Gasteiger partial charge is 0.255 e. The number of hydrogen-bond acceptors (Lipinski definition) is 3. The van der Waals surface area contributed by atoms with Gasteiger partial charge in [0, 0.05) is 6.54 Å². The van der Waals surface area contributed by atoms with Gasteiger partial charge in [0.05, 0.1) is 12.7 Å². The van der Waals surface area contributed by atoms with Crippen molar-refractivity contribution in [2.75, 3.05) is 7.11 Å². The molecule has 0 aliphatic heterocycles. The van der Waals surface area contributed by atoms with E-state index in [1.165, 1.54) is 19.2 Å². The van der Waals surface area contributed by atoms with Gasteiger partial charge in [0.25, 0.3) is 5.91 Å². The van der Waals surface area contributed by atoms with Crippen LogP contribution in [0.3, 0.4) is 0 Å². The van der Waals surface area contributed by atoms with Crippen LogP contribution >= 0.6 is 0 Å². The summed E-state index contributed by atoms with van der Waals surface area (Å²) in [6.45, 7) is 3.87. The summed E-state index contributed by atoms with van der Waals surface area (Å²) in [4.78, 5) is 25.1. The number of para-hydroxylation sites is 1. The second-order valence-corrected chi connectivity index (χ2v) is 6.24. The minimum atomic E-state index is -0.721. The first-order valence-corrected chi connectivity index (χ1v) is 8.38. The van der Waals surface area contributed by atoms with Gasteiger partial charge < -0.3 is 15.4 Å². The van der Waals surface area contributed by atoms with Gasteiger partial charge in [-0.25, -0.2) is 4.39 Å². The number of amides is 2. The van der Waals surface area contributed by atoms with Crippen molar-refractivity contribution in [1.82, 2.24) is 10.6 Å². The van der Waals surface area contributed by atoms with Crippen LogP contribution in [0.15, 0.2) is 48.5 Å². The van der Waals surface area contributed by atoms with E-state index in [0.717, 1.165) is 0 Å². The Morgan fingerprint density at radius 3 is 2.50 bits per heavy atom. The third-order valence-electron chi connectivity index (χ3n) is 3.94. The zero-order valence-electron chi connectivity index (χ0n) is 15.1. The van der Waals surface area contributed by atoms with Crippen LogP contribution < -0.4 is 15.4 Å². The lowest BCUT2D eigenvalue weighted by Crippen LogP contribution is -2.49. The molecule has 2 aromatic carbocycles. The predicted octanol–water partition coefficient (Wildman–Crippen LogP) is 2.91. The summed E-state index contributed by atoms with van der Waals surface area (Å²) in [5.74, 6) is -0.759. The fourth-order valence-corrected chi connectivity index (χ4v) is 2.53. The number of rotatable bonds is 7. The first-order chi connectivity index (χ1) is 12.4. The van der Waals surface area contributed by atoms with E-state index in [4.69, 9.17) is 4.74 Å². The SMILES string of the molecule is COc1ccccc1C(=O)NC(C(=O)NCc1cccc(F)c1)C(C)C. The van der Waals surface area contributed by atoms with Crippen LogP contribution in [0.25, 0.3) is 0 Å². The standard InChI is InChI=1S/C20H23FN2O3/c1-13(2)18(20(25)22-12-14-7-6-8-15(21)11-14)23-19(24)16-9-4-5-10-17(16)26-3/h4-11,13,18H,12H2,1-3H3,(H,22,25)(H,23,24). The molecule has 0 saturated heterocycles. The van der Waals surface area contributed by atoms with E-state index in [-0.39, 0.29) is 30.1 Å². The Morgan fingerprint density at radius 1 is 1.12 bits per heavy atom. The molecule has 0 heterocycles. The first-order valence-electron chi connectivity index (χ1n) is 8.38. The maximum atomic E-state index is 13.2. The van der Waals surface area contributed by atoms with Crippen molar-refractivity contribution < 1.29 is 18.7 Å². The highest BCUT2D eigenvalue weighted by Gasteiger charge is 2.25. The van der Waals surface area contributed by atoms with Crippen LogP contribution in [0.1, 0.15) is 29.8 Å². The molecule has 1 unspecified atom stereocenters. The predicted molar refractivity (Wildman–Crippen MR) is 97.3 cm³/mol. The highest BCUT2D eigenvalue weighted by Crippen LogP contribution is 2.17. The summed E-state index contributed by atoms with van der Waals surface area (Å²) in [6.07, 6.45) is 0. The largest absolute Gasteiger partial charge is 0.496 e. The van der Waals surface area contributed by atoms with Crippen LogP contribution in [-0.4, -0.2) is 25.0 Å². The summed E-state index contributed by atoms with van der Waals surface area (Å²) in [7, 11) is 1.48. The molecule has 1 atom stereocenters. The monoisotopic (exact) mass is 358 g/mol. The number of carbonyl (C=O) groups excluding carboxylic acids is 2. The number of halogens is 1. The van der Waals surface area contributed by atoms with Gasteiger partial charge in [0.2, 0.25) is 5.91 Å². The lowest BCUT2D eigenvalue weighted by molar-refractivity contribution is -0.124. The molecule has 0 aliphatic rings. The van der Waals surface area contributed by atoms with E-state index in [2.05, 4.69) is 10.6 Å². The van der Waals surface area contributed by atoms with Crippen LogP contribution in [0.4, 0.5) is 4.39 Å². The van der Waals surface area contributed by atoms with Gasteiger partial charge >= 0.3 is 0 Å². The normalized spacial score (nSPS) is 11.7. The molecule has 0 bridgehead atoms. The molecule has 0 fully saturated rings. The number of carbonyl (C=O) groups is 2. The Kier molecular flexibility index (Phi) is 6.72. The Labute approximate surface area is 152 Å². The van der Waals surface area contributed by atoms with Crippen LogP contribution in [-0.2, 0) is 11.3 Å². The molecule has 26 heavy (non-hydrogen) atoms. The van der Waals surface area contributed by atoms with Gasteiger partial charge in [-0.05, 0) is 35.7 Å². The van der Waals surface area contributed by atoms with Gasteiger partial charge in [-0.3, -0.25) is 9.59 Å². The quantitative estimate of drug-likeness (QED) is 0.800. The summed E-state index contributed by atoms with van der Waals surface area (Å²) < 4.78 is 18.4. The Hall–Kier alpha value is -2.89. The van der Waals surface area contributed by atoms with Crippen LogP contribution in [0, 0.1) is 11.7 Å². The lowest BCUT2D eigenvalue weighted by Gasteiger charge is -2.22. The van der Waals surface area contributed by atoms with Gasteiger partial charge in [-0.15, -0.1) is 0 Å². The molecule has 0 radical (unpaired) electrons. The zero-order chi connectivity index (χ0) is 19.1. The minimum absolute atomic E-state index is 0.124. The molecular formula is C20H23FN2O3. The number of methoxy groups -OCH3 is 1. The molecule has 2 aromatic rings. The van der Waals surface area contributed by atoms with Crippen LogP contribution in [0.5, 0.6) is 5.75 Å². The number of benzene rings is 2. The fourth-order valence-electron chi connectivity index (χ4n) is 2.53. The van der Waals surface area contributed by atoms with Crippen molar-refractivity contribution in [3.8, 4) is 5.75 Å². The van der Waals surface area contributed by atoms with Gasteiger partial charge in [-0.1, -0.05) is 38.1 Å². The second kappa shape index (κ2) is 8.99. The van der Waals surface area contributed by atoms with E-state index in [9.17, 15) is 14.0 Å². The van der Waals surface area contributed by atoms with Crippen molar-refractivity contribution >= 4 is 11.8 Å². The topological polar surface area (TPSA) is 67.4 Å². The molecular weight excluding hydrogens is 335 g/mol. The van der Waals surface area contributed by atoms with E-state index in [1.54, 1.807) is 36.4 Å². The van der Waals surface area contributed by atoms with Crippen molar-refractivity contribution in [2.24, 2.45) is 5.92 Å². The summed E-state index contributed by atoms with van der Waals surface area (Å²) in [6, 6.07) is 12.1. The van der Waals surface area contributed by atoms with Gasteiger partial charge in [0.15, 0.2) is 0 Å². The maximum absolute atomic E-state index is 13.2. The Bertz CT molecular complexity index is 777. The van der Waals surface area contributed by atoms with E-state index >= 15 is 0 Å². The highest BCUT2D eigenvalue weighted by molar-refractivity contribution is 5.99. The third-order valence-corrected chi connectivity index (χ3v) is 3.94. The molecule has 0 saturated carbocycles. The fraction of sp³-hybridized carbons (Fsp3) is 0.300. The second-order valence-electron chi connectivity index (χ2n) is 6.24. The molecule has 6 heteroatoms. The van der Waals surface area contributed by atoms with E-state index in [0.29, 0.717) is 16.9 Å². The number of hydrogen-bond donors (Lipinski definition) is 2. The molecule has 5 nitrogen and oxygen atoms in total. The molecule has 0 aromatic heterocycles.